The van der Waals surface area contributed by atoms with Crippen molar-refractivity contribution in [2.45, 2.75) is 0 Å². The molecule has 41 heavy (non-hydrogen) atoms. The molecule has 16 N–H and O–H groups in total. The van der Waals surface area contributed by atoms with E-state index in [4.69, 9.17) is 16.9 Å². The number of aliphatic hydroxyl groups is 16. The van der Waals surface area contributed by atoms with Gasteiger partial charge in [0.15, 0.2) is 0 Å². The van der Waals surface area contributed by atoms with E-state index in [9.17, 15) is 81.7 Å². The normalized spacial score (nSPS) is 19.1. The van der Waals surface area contributed by atoms with Crippen LogP contribution in [-0.2, 0) is 16.9 Å². The quantitative estimate of drug-likeness (QED) is 0.0328. The predicted molar refractivity (Wildman–Crippen MR) is 151 cm³/mol. The fraction of sp³-hybridized carbons (Fsp3) is 1.00. The summed E-state index contributed by atoms with van der Waals surface area (Å²) < 4.78 is 23.4. The van der Waals surface area contributed by atoms with Crippen LogP contribution in [0.1, 0.15) is 0 Å². The van der Waals surface area contributed by atoms with Crippen LogP contribution in [0.3, 0.4) is 0 Å². The third-order valence-electron chi connectivity index (χ3n) is 7.20. The molecule has 0 atom stereocenters. The molecule has 0 spiro atoms. The van der Waals surface area contributed by atoms with Gasteiger partial charge in [0.25, 0.3) is 0 Å². The summed E-state index contributed by atoms with van der Waals surface area (Å²) >= 11 is 0. The Hall–Kier alpha value is 1.14. The molecule has 0 aromatic carbocycles. The second-order valence-electron chi connectivity index (χ2n) is 10.6. The minimum absolute atomic E-state index is 1.44. The molecule has 0 saturated carbocycles. The molecular weight excluding hydrogens is 664 g/mol. The Kier molecular flexibility index (Phi) is 15.1. The van der Waals surface area contributed by atoms with Gasteiger partial charge in [-0.1, -0.05) is 0 Å². The van der Waals surface area contributed by atoms with Crippen LogP contribution in [0.4, 0.5) is 0 Å². The van der Waals surface area contributed by atoms with Crippen LogP contribution in [0.25, 0.3) is 0 Å². The van der Waals surface area contributed by atoms with Gasteiger partial charge in [-0.25, -0.2) is 0 Å². The molecular formula is C16H48O20P4Si. The maximum atomic E-state index is 10.3. The first-order valence-electron chi connectivity index (χ1n) is 11.7. The van der Waals surface area contributed by atoms with Crippen molar-refractivity contribution in [3.05, 3.63) is 0 Å². The fourth-order valence-corrected chi connectivity index (χ4v) is 21.5. The molecule has 0 radical (unpaired) electrons. The Morgan fingerprint density at radius 1 is 0.244 bits per heavy atom. The molecule has 0 bridgehead atoms. The van der Waals surface area contributed by atoms with Gasteiger partial charge < -0.3 is 0 Å². The molecule has 0 rings (SSSR count). The SMILES string of the molecule is OCP(CO)(CO)(CO)O[Si](OP(CO)(CO)(CO)CO)(OP(CO)(CO)(CO)CO)OP(CO)(CO)(CO)CO. The third-order valence-corrected chi connectivity index (χ3v) is 30.5. The Morgan fingerprint density at radius 2 is 0.341 bits per heavy atom. The van der Waals surface area contributed by atoms with Crippen LogP contribution < -0.4 is 0 Å². The predicted octanol–water partition coefficient (Wildman–Crippen LogP) is -5.44. The van der Waals surface area contributed by atoms with E-state index in [0.717, 1.165) is 0 Å². The van der Waals surface area contributed by atoms with Gasteiger partial charge in [0.05, 0.1) is 0 Å². The molecule has 20 nitrogen and oxygen atoms in total. The van der Waals surface area contributed by atoms with Gasteiger partial charge in [0.1, 0.15) is 0 Å². The summed E-state index contributed by atoms with van der Waals surface area (Å²) in [6, 6.07) is 0. The molecule has 0 saturated heterocycles. The molecule has 0 fully saturated rings. The molecule has 0 aliphatic heterocycles. The third kappa shape index (κ3) is 7.26. The summed E-state index contributed by atoms with van der Waals surface area (Å²) in [5, 5.41) is 165. The summed E-state index contributed by atoms with van der Waals surface area (Å²) in [5.74, 6) is 0. The zero-order chi connectivity index (χ0) is 32.4. The fourth-order valence-electron chi connectivity index (χ4n) is 2.90. The Balaban J connectivity index is 8.53. The average molecular weight is 713 g/mol. The molecule has 0 heterocycles. The minimum atomic E-state index is -6.29. The van der Waals surface area contributed by atoms with Crippen LogP contribution in [0.2, 0.25) is 0 Å². The van der Waals surface area contributed by atoms with E-state index in [-0.39, 0.29) is 0 Å². The molecule has 0 unspecified atom stereocenters. The molecule has 0 aliphatic rings. The summed E-state index contributed by atoms with van der Waals surface area (Å²) in [6.07, 6.45) is -23.0. The van der Waals surface area contributed by atoms with E-state index >= 15 is 0 Å². The second-order valence-corrected chi connectivity index (χ2v) is 33.9. The zero-order valence-electron chi connectivity index (χ0n) is 22.4. The molecule has 0 amide bonds. The monoisotopic (exact) mass is 712 g/mol. The molecule has 25 heteroatoms. The van der Waals surface area contributed by atoms with Gasteiger partial charge in [-0.3, -0.25) is 0 Å². The van der Waals surface area contributed by atoms with Crippen molar-refractivity contribution in [2.24, 2.45) is 0 Å². The van der Waals surface area contributed by atoms with Crippen molar-refractivity contribution in [1.82, 2.24) is 0 Å². The first-order chi connectivity index (χ1) is 19.1. The maximum absolute atomic E-state index is 10.3. The topological polar surface area (TPSA) is 361 Å². The molecule has 0 aromatic heterocycles. The van der Waals surface area contributed by atoms with Crippen LogP contribution >= 0.6 is 27.3 Å². The number of rotatable bonds is 24. The van der Waals surface area contributed by atoms with Crippen LogP contribution in [0.15, 0.2) is 0 Å². The van der Waals surface area contributed by atoms with Gasteiger partial charge in [-0.15, -0.1) is 0 Å². The molecule has 0 aliphatic carbocycles. The number of hydrogen-bond acceptors (Lipinski definition) is 20. The number of hydrogen-bond donors (Lipinski definition) is 16. The van der Waals surface area contributed by atoms with E-state index in [2.05, 4.69) is 0 Å². The van der Waals surface area contributed by atoms with Crippen molar-refractivity contribution in [3.63, 3.8) is 0 Å². The van der Waals surface area contributed by atoms with Crippen molar-refractivity contribution in [1.29, 1.82) is 0 Å². The van der Waals surface area contributed by atoms with Crippen LogP contribution in [-0.4, -0.2) is 192 Å². The first-order valence-corrected chi connectivity index (χ1v) is 24.9. The van der Waals surface area contributed by atoms with E-state index in [1.165, 1.54) is 0 Å². The van der Waals surface area contributed by atoms with E-state index in [0.29, 0.717) is 0 Å². The van der Waals surface area contributed by atoms with Gasteiger partial charge in [-0.05, 0) is 0 Å². The van der Waals surface area contributed by atoms with E-state index < -0.39 is 138 Å². The number of aliphatic hydroxyl groups excluding tert-OH is 16. The summed E-state index contributed by atoms with van der Waals surface area (Å²) in [5.41, 5.74) is 0. The summed E-state index contributed by atoms with van der Waals surface area (Å²) in [6.45, 7) is -21.8. The van der Waals surface area contributed by atoms with Crippen molar-refractivity contribution < 1.29 is 98.6 Å². The van der Waals surface area contributed by atoms with Gasteiger partial charge >= 0.3 is 236 Å². The zero-order valence-corrected chi connectivity index (χ0v) is 27.0. The standard InChI is InChI=1S/C16H48O20P4Si/c17-1-37(2-18,3-19,4-20)33-41(34-38(5-21,6-22,7-23)8-24,35-39(9-25,10-26,11-27)12-28)36-40(13-29,14-30,15-31)16-32/h17-32H,1-16H2. The van der Waals surface area contributed by atoms with Crippen molar-refractivity contribution in [3.8, 4) is 0 Å². The van der Waals surface area contributed by atoms with Gasteiger partial charge in [0.2, 0.25) is 0 Å². The Bertz CT molecular complexity index is 598. The molecule has 0 aromatic rings. The van der Waals surface area contributed by atoms with Crippen molar-refractivity contribution in [2.75, 3.05) is 102 Å². The van der Waals surface area contributed by atoms with Crippen LogP contribution in [0, 0.1) is 0 Å². The Morgan fingerprint density at radius 3 is 0.415 bits per heavy atom. The second kappa shape index (κ2) is 14.7. The van der Waals surface area contributed by atoms with Crippen molar-refractivity contribution >= 4 is 36.4 Å². The van der Waals surface area contributed by atoms with E-state index in [1.54, 1.807) is 0 Å². The molecule has 256 valence electrons. The summed E-state index contributed by atoms with van der Waals surface area (Å²) in [7, 11) is -6.29. The first kappa shape index (κ1) is 42.1. The van der Waals surface area contributed by atoms with Gasteiger partial charge in [0, 0.05) is 0 Å². The van der Waals surface area contributed by atoms with E-state index in [1.807, 2.05) is 0 Å². The summed E-state index contributed by atoms with van der Waals surface area (Å²) in [4.78, 5) is 0. The van der Waals surface area contributed by atoms with Gasteiger partial charge in [-0.2, -0.15) is 0 Å². The Labute approximate surface area is 236 Å². The van der Waals surface area contributed by atoms with Crippen LogP contribution in [0.5, 0.6) is 0 Å². The average Bonchev–Trinajstić information content (AvgIpc) is 3.06.